The van der Waals surface area contributed by atoms with Gasteiger partial charge in [0.1, 0.15) is 11.2 Å². The van der Waals surface area contributed by atoms with Crippen LogP contribution in [-0.2, 0) is 20.9 Å². The van der Waals surface area contributed by atoms with Crippen LogP contribution in [0.1, 0.15) is 18.1 Å². The van der Waals surface area contributed by atoms with Crippen LogP contribution < -0.4 is 5.73 Å². The van der Waals surface area contributed by atoms with E-state index in [1.165, 1.54) is 19.1 Å². The predicted octanol–water partition coefficient (Wildman–Crippen LogP) is 0.0262. The molecule has 0 aliphatic heterocycles. The second-order valence-electron chi connectivity index (χ2n) is 4.83. The van der Waals surface area contributed by atoms with Crippen molar-refractivity contribution in [1.29, 1.82) is 0 Å². The zero-order valence-electron chi connectivity index (χ0n) is 10.9. The van der Waals surface area contributed by atoms with Gasteiger partial charge in [-0.25, -0.2) is 0 Å². The summed E-state index contributed by atoms with van der Waals surface area (Å²) in [6.07, 6.45) is 0.0336. The summed E-state index contributed by atoms with van der Waals surface area (Å²) in [6, 6.07) is 5.00. The third-order valence-electron chi connectivity index (χ3n) is 3.27. The normalized spacial score (nSPS) is 16.4. The van der Waals surface area contributed by atoms with Gasteiger partial charge in [0.25, 0.3) is 0 Å². The van der Waals surface area contributed by atoms with E-state index in [4.69, 9.17) is 10.8 Å². The predicted molar refractivity (Wildman–Crippen MR) is 72.2 cm³/mol. The van der Waals surface area contributed by atoms with Crippen molar-refractivity contribution in [2.24, 2.45) is 5.73 Å². The maximum absolute atomic E-state index is 11.5. The Morgan fingerprint density at radius 2 is 2.05 bits per heavy atom. The Morgan fingerprint density at radius 3 is 2.50 bits per heavy atom. The minimum Gasteiger partial charge on any atom is -0.480 e. The van der Waals surface area contributed by atoms with Gasteiger partial charge in [-0.15, -0.1) is 0 Å². The zero-order valence-corrected chi connectivity index (χ0v) is 11.8. The Labute approximate surface area is 116 Å². The summed E-state index contributed by atoms with van der Waals surface area (Å²) in [5, 5.41) is 16.4. The van der Waals surface area contributed by atoms with E-state index in [0.29, 0.717) is 5.56 Å². The van der Waals surface area contributed by atoms with Crippen molar-refractivity contribution in [3.05, 3.63) is 35.4 Å². The fourth-order valence-corrected chi connectivity index (χ4v) is 2.39. The summed E-state index contributed by atoms with van der Waals surface area (Å²) >= 11 is 0. The van der Waals surface area contributed by atoms with Gasteiger partial charge >= 0.3 is 13.6 Å². The van der Waals surface area contributed by atoms with Gasteiger partial charge in [0.2, 0.25) is 0 Å². The molecule has 1 unspecified atom stereocenters. The van der Waals surface area contributed by atoms with Crippen LogP contribution in [0.25, 0.3) is 0 Å². The Kier molecular flexibility index (Phi) is 5.07. The number of carbonyl (C=O) groups is 1. The van der Waals surface area contributed by atoms with Crippen molar-refractivity contribution in [3.8, 4) is 0 Å². The molecule has 1 rings (SSSR count). The minimum absolute atomic E-state index is 0.0336. The minimum atomic E-state index is -4.58. The molecule has 6 N–H and O–H groups in total. The fourth-order valence-electron chi connectivity index (χ4n) is 1.73. The molecule has 2 atom stereocenters. The van der Waals surface area contributed by atoms with Crippen molar-refractivity contribution >= 4 is 13.6 Å². The van der Waals surface area contributed by atoms with E-state index in [2.05, 4.69) is 0 Å². The van der Waals surface area contributed by atoms with Crippen molar-refractivity contribution in [2.75, 3.05) is 6.61 Å². The highest BCUT2D eigenvalue weighted by Crippen LogP contribution is 2.56. The molecule has 1 aromatic rings. The number of hydrogen-bond donors (Lipinski definition) is 5. The van der Waals surface area contributed by atoms with Gasteiger partial charge in [0.15, 0.2) is 0 Å². The summed E-state index contributed by atoms with van der Waals surface area (Å²) < 4.78 is 11.5. The molecule has 0 aromatic heterocycles. The molecule has 0 bridgehead atoms. The summed E-state index contributed by atoms with van der Waals surface area (Å²) in [4.78, 5) is 29.5. The lowest BCUT2D eigenvalue weighted by Gasteiger charge is -2.29. The molecule has 20 heavy (non-hydrogen) atoms. The molecule has 8 heteroatoms. The first kappa shape index (κ1) is 16.8. The molecular formula is C12H18NO6P. The second kappa shape index (κ2) is 6.03. The SMILES string of the molecule is CC(CO)(c1cccc(C[C@H](N)C(=O)O)c1)P(=O)(O)O. The van der Waals surface area contributed by atoms with E-state index in [0.717, 1.165) is 0 Å². The average Bonchev–Trinajstić information content (AvgIpc) is 2.36. The van der Waals surface area contributed by atoms with Gasteiger partial charge in [-0.1, -0.05) is 24.3 Å². The Hall–Kier alpha value is -1.24. The summed E-state index contributed by atoms with van der Waals surface area (Å²) in [6.45, 7) is 0.524. The highest BCUT2D eigenvalue weighted by atomic mass is 31.2. The first-order valence-corrected chi connectivity index (χ1v) is 7.47. The standard InChI is InChI=1S/C12H18NO6P/c1-12(7-14,20(17,18)19)9-4-2-3-8(5-9)6-10(13)11(15)16/h2-5,10,14H,6-7,13H2,1H3,(H,15,16)(H2,17,18,19)/t10-,12?/m0/s1. The molecular weight excluding hydrogens is 285 g/mol. The van der Waals surface area contributed by atoms with E-state index < -0.39 is 31.4 Å². The van der Waals surface area contributed by atoms with Gasteiger partial charge < -0.3 is 25.7 Å². The van der Waals surface area contributed by atoms with E-state index in [1.54, 1.807) is 12.1 Å². The Morgan fingerprint density at radius 1 is 1.45 bits per heavy atom. The Balaban J connectivity index is 3.15. The topological polar surface area (TPSA) is 141 Å². The van der Waals surface area contributed by atoms with E-state index in [-0.39, 0.29) is 12.0 Å². The van der Waals surface area contributed by atoms with Crippen LogP contribution in [0.5, 0.6) is 0 Å². The Bertz CT molecular complexity index is 543. The highest BCUT2D eigenvalue weighted by molar-refractivity contribution is 7.53. The number of benzene rings is 1. The number of aliphatic hydroxyl groups is 1. The third-order valence-corrected chi connectivity index (χ3v) is 4.96. The molecule has 0 radical (unpaired) electrons. The number of rotatable bonds is 6. The van der Waals surface area contributed by atoms with Crippen LogP contribution >= 0.6 is 7.60 Å². The van der Waals surface area contributed by atoms with E-state index in [9.17, 15) is 24.3 Å². The summed E-state index contributed by atoms with van der Waals surface area (Å²) in [5.74, 6) is -1.16. The maximum Gasteiger partial charge on any atom is 0.338 e. The number of nitrogens with two attached hydrogens (primary N) is 1. The number of carboxylic acids is 1. The molecule has 112 valence electrons. The second-order valence-corrected chi connectivity index (χ2v) is 6.90. The van der Waals surface area contributed by atoms with Crippen molar-refractivity contribution in [3.63, 3.8) is 0 Å². The first-order chi connectivity index (χ1) is 9.11. The molecule has 0 fully saturated rings. The lowest BCUT2D eigenvalue weighted by molar-refractivity contribution is -0.138. The van der Waals surface area contributed by atoms with E-state index >= 15 is 0 Å². The van der Waals surface area contributed by atoms with Gasteiger partial charge in [-0.2, -0.15) is 0 Å². The first-order valence-electron chi connectivity index (χ1n) is 5.86. The number of aliphatic carboxylic acids is 1. The van der Waals surface area contributed by atoms with Crippen LogP contribution in [0.4, 0.5) is 0 Å². The lowest BCUT2D eigenvalue weighted by atomic mass is 9.96. The van der Waals surface area contributed by atoms with Gasteiger partial charge in [-0.05, 0) is 24.5 Å². The van der Waals surface area contributed by atoms with Gasteiger partial charge in [0, 0.05) is 0 Å². The highest BCUT2D eigenvalue weighted by Gasteiger charge is 2.43. The quantitative estimate of drug-likeness (QED) is 0.467. The zero-order chi connectivity index (χ0) is 15.6. The van der Waals surface area contributed by atoms with Crippen molar-refractivity contribution in [2.45, 2.75) is 24.5 Å². The molecule has 0 saturated heterocycles. The maximum atomic E-state index is 11.5. The fraction of sp³-hybridized carbons (Fsp3) is 0.417. The average molecular weight is 303 g/mol. The molecule has 7 nitrogen and oxygen atoms in total. The third kappa shape index (κ3) is 3.45. The van der Waals surface area contributed by atoms with Crippen LogP contribution in [0, 0.1) is 0 Å². The van der Waals surface area contributed by atoms with Gasteiger partial charge in [0.05, 0.1) is 6.61 Å². The number of hydrogen-bond acceptors (Lipinski definition) is 4. The van der Waals surface area contributed by atoms with Crippen molar-refractivity contribution < 1.29 is 29.4 Å². The van der Waals surface area contributed by atoms with Crippen LogP contribution in [0.15, 0.2) is 24.3 Å². The number of aliphatic hydroxyl groups excluding tert-OH is 1. The number of carboxylic acid groups (broad SMARTS) is 1. The monoisotopic (exact) mass is 303 g/mol. The van der Waals surface area contributed by atoms with Crippen LogP contribution in [-0.4, -0.2) is 38.6 Å². The van der Waals surface area contributed by atoms with Gasteiger partial charge in [-0.3, -0.25) is 9.36 Å². The molecule has 0 amide bonds. The summed E-state index contributed by atoms with van der Waals surface area (Å²) in [5.41, 5.74) is 6.20. The summed E-state index contributed by atoms with van der Waals surface area (Å²) in [7, 11) is -4.58. The largest absolute Gasteiger partial charge is 0.480 e. The smallest absolute Gasteiger partial charge is 0.338 e. The van der Waals surface area contributed by atoms with Crippen LogP contribution in [0.3, 0.4) is 0 Å². The molecule has 0 aliphatic carbocycles. The lowest BCUT2D eigenvalue weighted by Crippen LogP contribution is -2.32. The molecule has 0 aliphatic rings. The van der Waals surface area contributed by atoms with Crippen molar-refractivity contribution in [1.82, 2.24) is 0 Å². The van der Waals surface area contributed by atoms with E-state index in [1.807, 2.05) is 0 Å². The molecule has 0 heterocycles. The van der Waals surface area contributed by atoms with Crippen LogP contribution in [0.2, 0.25) is 0 Å². The molecule has 0 spiro atoms. The molecule has 0 saturated carbocycles. The molecule has 1 aromatic carbocycles.